The van der Waals surface area contributed by atoms with Crippen molar-refractivity contribution in [3.8, 4) is 5.69 Å². The van der Waals surface area contributed by atoms with Gasteiger partial charge >= 0.3 is 0 Å². The van der Waals surface area contributed by atoms with Gasteiger partial charge in [0.25, 0.3) is 0 Å². The van der Waals surface area contributed by atoms with Gasteiger partial charge in [0.05, 0.1) is 17.6 Å². The summed E-state index contributed by atoms with van der Waals surface area (Å²) in [4.78, 5) is 7.41. The lowest BCUT2D eigenvalue weighted by molar-refractivity contribution is 0.762. The molecule has 0 aliphatic carbocycles. The Labute approximate surface area is 105 Å². The molecule has 0 saturated heterocycles. The molecule has 0 saturated carbocycles. The van der Waals surface area contributed by atoms with Gasteiger partial charge in [-0.1, -0.05) is 18.6 Å². The highest BCUT2D eigenvalue weighted by atomic mass is 15.4. The molecule has 3 rings (SSSR count). The Morgan fingerprint density at radius 2 is 2.33 bits per heavy atom. The fraction of sp³-hybridized carbons (Fsp3) is 0.308. The van der Waals surface area contributed by atoms with E-state index in [-0.39, 0.29) is 0 Å². The fourth-order valence-electron chi connectivity index (χ4n) is 2.02. The van der Waals surface area contributed by atoms with Crippen LogP contribution in [-0.4, -0.2) is 25.0 Å². The molecule has 0 radical (unpaired) electrons. The monoisotopic (exact) mass is 241 g/mol. The number of aryl methyl sites for hydroxylation is 1. The van der Waals surface area contributed by atoms with Crippen LogP contribution in [-0.2, 0) is 6.42 Å². The first-order valence-corrected chi connectivity index (χ1v) is 6.22. The number of rotatable bonds is 4. The molecule has 92 valence electrons. The first-order chi connectivity index (χ1) is 8.88. The first-order valence-electron chi connectivity index (χ1n) is 6.22. The first kappa shape index (κ1) is 11.0. The summed E-state index contributed by atoms with van der Waals surface area (Å²) in [5.41, 5.74) is 2.90. The average Bonchev–Trinajstić information content (AvgIpc) is 3.02. The third kappa shape index (κ3) is 1.88. The molecular formula is C13H15N5. The number of fused-ring (bicyclic) bond motifs is 1. The molecule has 5 nitrogen and oxygen atoms in total. The number of aromatic amines is 1. The minimum absolute atomic E-state index is 0.873. The molecule has 0 unspecified atom stereocenters. The van der Waals surface area contributed by atoms with Crippen molar-refractivity contribution >= 4 is 11.0 Å². The van der Waals surface area contributed by atoms with Crippen LogP contribution in [0.3, 0.4) is 0 Å². The highest BCUT2D eigenvalue weighted by Crippen LogP contribution is 2.19. The van der Waals surface area contributed by atoms with Crippen LogP contribution in [0.4, 0.5) is 0 Å². The van der Waals surface area contributed by atoms with E-state index in [0.29, 0.717) is 0 Å². The predicted molar refractivity (Wildman–Crippen MR) is 69.6 cm³/mol. The SMILES string of the molecule is CCCCc1cn(-c2c[nH]c3ncccc23)nn1. The van der Waals surface area contributed by atoms with E-state index < -0.39 is 0 Å². The van der Waals surface area contributed by atoms with Crippen molar-refractivity contribution in [1.82, 2.24) is 25.0 Å². The molecule has 0 aliphatic heterocycles. The molecule has 18 heavy (non-hydrogen) atoms. The van der Waals surface area contributed by atoms with Gasteiger partial charge in [-0.15, -0.1) is 5.10 Å². The number of pyridine rings is 1. The summed E-state index contributed by atoms with van der Waals surface area (Å²) >= 11 is 0. The van der Waals surface area contributed by atoms with Gasteiger partial charge in [0.2, 0.25) is 0 Å². The van der Waals surface area contributed by atoms with Crippen LogP contribution in [0.15, 0.2) is 30.7 Å². The smallest absolute Gasteiger partial charge is 0.139 e. The minimum atomic E-state index is 0.873. The van der Waals surface area contributed by atoms with Gasteiger partial charge < -0.3 is 4.98 Å². The van der Waals surface area contributed by atoms with Crippen molar-refractivity contribution in [3.63, 3.8) is 0 Å². The molecule has 0 fully saturated rings. The van der Waals surface area contributed by atoms with Crippen molar-refractivity contribution in [1.29, 1.82) is 0 Å². The lowest BCUT2D eigenvalue weighted by Gasteiger charge is -1.96. The molecule has 3 aromatic rings. The van der Waals surface area contributed by atoms with Gasteiger partial charge in [0.15, 0.2) is 0 Å². The average molecular weight is 241 g/mol. The van der Waals surface area contributed by atoms with Crippen molar-refractivity contribution in [3.05, 3.63) is 36.4 Å². The van der Waals surface area contributed by atoms with Crippen LogP contribution >= 0.6 is 0 Å². The zero-order valence-electron chi connectivity index (χ0n) is 10.3. The number of H-pyrrole nitrogens is 1. The minimum Gasteiger partial charge on any atom is -0.344 e. The Kier molecular flexibility index (Phi) is 2.80. The maximum atomic E-state index is 4.27. The van der Waals surface area contributed by atoms with Crippen molar-refractivity contribution in [2.75, 3.05) is 0 Å². The number of nitrogens with one attached hydrogen (secondary N) is 1. The van der Waals surface area contributed by atoms with Crippen molar-refractivity contribution in [2.45, 2.75) is 26.2 Å². The van der Waals surface area contributed by atoms with Gasteiger partial charge in [-0.2, -0.15) is 0 Å². The Morgan fingerprint density at radius 3 is 3.22 bits per heavy atom. The fourth-order valence-corrected chi connectivity index (χ4v) is 2.02. The van der Waals surface area contributed by atoms with E-state index in [1.165, 1.54) is 6.42 Å². The zero-order chi connectivity index (χ0) is 12.4. The Morgan fingerprint density at radius 1 is 1.39 bits per heavy atom. The lowest BCUT2D eigenvalue weighted by atomic mass is 10.2. The standard InChI is InChI=1S/C13H15N5/c1-2-3-5-10-9-18(17-16-10)12-8-15-13-11(12)6-4-7-14-13/h4,6-9H,2-3,5H2,1H3,(H,14,15). The normalized spacial score (nSPS) is 11.2. The quantitative estimate of drug-likeness (QED) is 0.763. The van der Waals surface area contributed by atoms with E-state index in [0.717, 1.165) is 35.3 Å². The number of hydrogen-bond donors (Lipinski definition) is 1. The number of hydrogen-bond acceptors (Lipinski definition) is 3. The number of aromatic nitrogens is 5. The maximum Gasteiger partial charge on any atom is 0.139 e. The van der Waals surface area contributed by atoms with Crippen molar-refractivity contribution < 1.29 is 0 Å². The summed E-state index contributed by atoms with van der Waals surface area (Å²) < 4.78 is 1.81. The number of nitrogens with zero attached hydrogens (tertiary/aromatic N) is 4. The van der Waals surface area contributed by atoms with E-state index in [1.807, 2.05) is 29.2 Å². The van der Waals surface area contributed by atoms with Crippen LogP contribution in [0.1, 0.15) is 25.5 Å². The summed E-state index contributed by atoms with van der Waals surface area (Å²) in [5, 5.41) is 9.44. The lowest BCUT2D eigenvalue weighted by Crippen LogP contribution is -1.93. The third-order valence-electron chi connectivity index (χ3n) is 3.00. The highest BCUT2D eigenvalue weighted by molar-refractivity contribution is 5.84. The molecule has 1 N–H and O–H groups in total. The summed E-state index contributed by atoms with van der Waals surface area (Å²) in [6.45, 7) is 2.18. The molecule has 5 heteroatoms. The number of unbranched alkanes of at least 4 members (excludes halogenated alkanes) is 1. The topological polar surface area (TPSA) is 59.4 Å². The van der Waals surface area contributed by atoms with Crippen LogP contribution in [0, 0.1) is 0 Å². The second-order valence-electron chi connectivity index (χ2n) is 4.33. The van der Waals surface area contributed by atoms with E-state index >= 15 is 0 Å². The van der Waals surface area contributed by atoms with Crippen molar-refractivity contribution in [2.24, 2.45) is 0 Å². The van der Waals surface area contributed by atoms with Gasteiger partial charge in [0, 0.05) is 17.8 Å². The third-order valence-corrected chi connectivity index (χ3v) is 3.00. The summed E-state index contributed by atoms with van der Waals surface area (Å²) in [6.07, 6.45) is 8.98. The molecule has 0 amide bonds. The molecular weight excluding hydrogens is 226 g/mol. The molecule has 3 heterocycles. The maximum absolute atomic E-state index is 4.27. The van der Waals surface area contributed by atoms with Crippen LogP contribution < -0.4 is 0 Å². The van der Waals surface area contributed by atoms with Crippen LogP contribution in [0.2, 0.25) is 0 Å². The Hall–Kier alpha value is -2.17. The molecule has 0 aromatic carbocycles. The summed E-state index contributed by atoms with van der Waals surface area (Å²) in [7, 11) is 0. The second-order valence-corrected chi connectivity index (χ2v) is 4.33. The molecule has 0 spiro atoms. The zero-order valence-corrected chi connectivity index (χ0v) is 10.3. The van der Waals surface area contributed by atoms with E-state index in [1.54, 1.807) is 6.20 Å². The van der Waals surface area contributed by atoms with Gasteiger partial charge in [-0.05, 0) is 25.0 Å². The van der Waals surface area contributed by atoms with E-state index in [2.05, 4.69) is 27.2 Å². The Bertz CT molecular complexity index is 652. The summed E-state index contributed by atoms with van der Waals surface area (Å²) in [5.74, 6) is 0. The van der Waals surface area contributed by atoms with Crippen LogP contribution in [0.25, 0.3) is 16.7 Å². The van der Waals surface area contributed by atoms with Gasteiger partial charge in [-0.3, -0.25) is 0 Å². The second kappa shape index (κ2) is 4.60. The van der Waals surface area contributed by atoms with Gasteiger partial charge in [-0.25, -0.2) is 9.67 Å². The Balaban J connectivity index is 1.96. The predicted octanol–water partition coefficient (Wildman–Crippen LogP) is 2.49. The van der Waals surface area contributed by atoms with Gasteiger partial charge in [0.1, 0.15) is 5.65 Å². The van der Waals surface area contributed by atoms with Crippen LogP contribution in [0.5, 0.6) is 0 Å². The van der Waals surface area contributed by atoms with E-state index in [4.69, 9.17) is 0 Å². The molecule has 0 atom stereocenters. The largest absolute Gasteiger partial charge is 0.344 e. The molecule has 0 aliphatic rings. The van der Waals surface area contributed by atoms with E-state index in [9.17, 15) is 0 Å². The highest BCUT2D eigenvalue weighted by Gasteiger charge is 2.08. The summed E-state index contributed by atoms with van der Waals surface area (Å²) in [6, 6.07) is 3.95. The molecule has 3 aromatic heterocycles. The molecule has 0 bridgehead atoms.